The van der Waals surface area contributed by atoms with E-state index in [9.17, 15) is 4.79 Å². The molecule has 1 atom stereocenters. The summed E-state index contributed by atoms with van der Waals surface area (Å²) in [7, 11) is 0. The highest BCUT2D eigenvalue weighted by atomic mass is 16.5. The van der Waals surface area contributed by atoms with Gasteiger partial charge in [-0.1, -0.05) is 55.8 Å². The summed E-state index contributed by atoms with van der Waals surface area (Å²) in [6.45, 7) is 9.47. The molecule has 0 aliphatic heterocycles. The number of carbonyl (C=O) groups is 1. The van der Waals surface area contributed by atoms with E-state index >= 15 is 0 Å². The van der Waals surface area contributed by atoms with Gasteiger partial charge in [-0.15, -0.1) is 0 Å². The molecule has 6 nitrogen and oxygen atoms in total. The highest BCUT2D eigenvalue weighted by Gasteiger charge is 2.34. The lowest BCUT2D eigenvalue weighted by atomic mass is 9.71. The standard InChI is InChI=1S/C23H28N4O2/c1-15-6-5-7-16(12-15)14-27-11-10-20(25-27)24-22(28)21-18-13-17(23(2,3)4)8-9-19(18)29-26-21/h5-7,10-12,17H,8-9,13-14H2,1-4H3,(H,24,25,28). The second kappa shape index (κ2) is 7.50. The molecule has 152 valence electrons. The third kappa shape index (κ3) is 4.26. The van der Waals surface area contributed by atoms with Crippen LogP contribution in [0, 0.1) is 18.3 Å². The van der Waals surface area contributed by atoms with E-state index in [1.54, 1.807) is 6.07 Å². The third-order valence-corrected chi connectivity index (χ3v) is 5.79. The number of amides is 1. The van der Waals surface area contributed by atoms with Crippen LogP contribution in [0.3, 0.4) is 0 Å². The van der Waals surface area contributed by atoms with Crippen molar-refractivity contribution >= 4 is 11.7 Å². The second-order valence-corrected chi connectivity index (χ2v) is 9.08. The molecule has 1 aromatic carbocycles. The second-order valence-electron chi connectivity index (χ2n) is 9.08. The van der Waals surface area contributed by atoms with Gasteiger partial charge < -0.3 is 9.84 Å². The average molecular weight is 393 g/mol. The van der Waals surface area contributed by atoms with E-state index in [1.807, 2.05) is 16.9 Å². The number of hydrogen-bond donors (Lipinski definition) is 1. The molecule has 1 aliphatic rings. The number of carbonyl (C=O) groups excluding carboxylic acids is 1. The van der Waals surface area contributed by atoms with Gasteiger partial charge in [0.1, 0.15) is 5.76 Å². The van der Waals surface area contributed by atoms with Crippen molar-refractivity contribution in [3.05, 3.63) is 64.7 Å². The van der Waals surface area contributed by atoms with E-state index < -0.39 is 0 Å². The van der Waals surface area contributed by atoms with Crippen molar-refractivity contribution in [1.29, 1.82) is 0 Å². The van der Waals surface area contributed by atoms with Crippen LogP contribution in [0.25, 0.3) is 0 Å². The van der Waals surface area contributed by atoms with Gasteiger partial charge >= 0.3 is 0 Å². The van der Waals surface area contributed by atoms with E-state index in [-0.39, 0.29) is 11.3 Å². The van der Waals surface area contributed by atoms with Gasteiger partial charge in [0.25, 0.3) is 5.91 Å². The molecule has 0 saturated heterocycles. The summed E-state index contributed by atoms with van der Waals surface area (Å²) in [6.07, 6.45) is 4.59. The van der Waals surface area contributed by atoms with Crippen LogP contribution in [0.5, 0.6) is 0 Å². The summed E-state index contributed by atoms with van der Waals surface area (Å²) in [6, 6.07) is 10.1. The molecule has 1 unspecified atom stereocenters. The molecule has 3 aromatic rings. The molecule has 29 heavy (non-hydrogen) atoms. The van der Waals surface area contributed by atoms with E-state index in [0.717, 1.165) is 30.6 Å². The zero-order valence-corrected chi connectivity index (χ0v) is 17.5. The minimum absolute atomic E-state index is 0.192. The molecule has 2 heterocycles. The number of fused-ring (bicyclic) bond motifs is 1. The quantitative estimate of drug-likeness (QED) is 0.702. The lowest BCUT2D eigenvalue weighted by Crippen LogP contribution is -2.27. The number of anilines is 1. The zero-order valence-electron chi connectivity index (χ0n) is 17.5. The number of nitrogens with one attached hydrogen (secondary N) is 1. The molecule has 1 N–H and O–H groups in total. The van der Waals surface area contributed by atoms with Crippen LogP contribution in [0.4, 0.5) is 5.82 Å². The molecule has 0 radical (unpaired) electrons. The van der Waals surface area contributed by atoms with Crippen molar-refractivity contribution in [1.82, 2.24) is 14.9 Å². The van der Waals surface area contributed by atoms with Crippen molar-refractivity contribution in [2.24, 2.45) is 11.3 Å². The van der Waals surface area contributed by atoms with Crippen molar-refractivity contribution in [2.45, 2.75) is 53.5 Å². The van der Waals surface area contributed by atoms with Crippen LogP contribution in [0.15, 0.2) is 41.1 Å². The predicted molar refractivity (Wildman–Crippen MR) is 112 cm³/mol. The Bertz CT molecular complexity index is 1030. The van der Waals surface area contributed by atoms with Gasteiger partial charge in [-0.25, -0.2) is 0 Å². The molecule has 0 saturated carbocycles. The smallest absolute Gasteiger partial charge is 0.279 e. The Hall–Kier alpha value is -2.89. The van der Waals surface area contributed by atoms with Gasteiger partial charge in [0, 0.05) is 24.2 Å². The summed E-state index contributed by atoms with van der Waals surface area (Å²) in [5, 5.41) is 11.4. The maximum Gasteiger partial charge on any atom is 0.279 e. The topological polar surface area (TPSA) is 73.0 Å². The minimum Gasteiger partial charge on any atom is -0.360 e. The first kappa shape index (κ1) is 19.4. The summed E-state index contributed by atoms with van der Waals surface area (Å²) in [5.74, 6) is 1.61. The molecule has 0 fully saturated rings. The lowest BCUT2D eigenvalue weighted by molar-refractivity contribution is 0.101. The Morgan fingerprint density at radius 2 is 2.14 bits per heavy atom. The van der Waals surface area contributed by atoms with Gasteiger partial charge in [0.15, 0.2) is 11.5 Å². The summed E-state index contributed by atoms with van der Waals surface area (Å²) >= 11 is 0. The maximum absolute atomic E-state index is 12.8. The molecule has 1 amide bonds. The van der Waals surface area contributed by atoms with Gasteiger partial charge in [-0.2, -0.15) is 5.10 Å². The summed E-state index contributed by atoms with van der Waals surface area (Å²) in [4.78, 5) is 12.8. The first-order chi connectivity index (χ1) is 13.8. The molecule has 2 aromatic heterocycles. The van der Waals surface area contributed by atoms with E-state index in [4.69, 9.17) is 4.52 Å². The van der Waals surface area contributed by atoms with E-state index in [0.29, 0.717) is 24.0 Å². The van der Waals surface area contributed by atoms with Gasteiger partial charge in [0.2, 0.25) is 0 Å². The molecule has 4 rings (SSSR count). The maximum atomic E-state index is 12.8. The lowest BCUT2D eigenvalue weighted by Gasteiger charge is -2.33. The summed E-state index contributed by atoms with van der Waals surface area (Å²) in [5.41, 5.74) is 3.92. The number of hydrogen-bond acceptors (Lipinski definition) is 4. The molecule has 0 bridgehead atoms. The molecule has 6 heteroatoms. The van der Waals surface area contributed by atoms with Gasteiger partial charge in [0.05, 0.1) is 6.54 Å². The number of aromatic nitrogens is 3. The Morgan fingerprint density at radius 1 is 1.31 bits per heavy atom. The highest BCUT2D eigenvalue weighted by Crippen LogP contribution is 2.38. The fourth-order valence-electron chi connectivity index (χ4n) is 4.01. The fraction of sp³-hybridized carbons (Fsp3) is 0.435. The normalized spacial score (nSPS) is 16.5. The minimum atomic E-state index is -0.259. The largest absolute Gasteiger partial charge is 0.360 e. The van der Waals surface area contributed by atoms with Gasteiger partial charge in [-0.3, -0.25) is 9.48 Å². The molecule has 1 aliphatic carbocycles. The Labute approximate surface area is 171 Å². The first-order valence-corrected chi connectivity index (χ1v) is 10.2. The number of benzene rings is 1. The third-order valence-electron chi connectivity index (χ3n) is 5.79. The van der Waals surface area contributed by atoms with Crippen LogP contribution < -0.4 is 5.32 Å². The van der Waals surface area contributed by atoms with E-state index in [2.05, 4.69) is 61.5 Å². The highest BCUT2D eigenvalue weighted by molar-refractivity contribution is 6.03. The fourth-order valence-corrected chi connectivity index (χ4v) is 4.01. The Morgan fingerprint density at radius 3 is 2.90 bits per heavy atom. The van der Waals surface area contributed by atoms with Crippen LogP contribution >= 0.6 is 0 Å². The number of rotatable bonds is 4. The zero-order chi connectivity index (χ0) is 20.6. The molecule has 0 spiro atoms. The van der Waals surface area contributed by atoms with Crippen molar-refractivity contribution in [3.63, 3.8) is 0 Å². The Balaban J connectivity index is 1.46. The number of aryl methyl sites for hydroxylation is 2. The van der Waals surface area contributed by atoms with Crippen molar-refractivity contribution in [2.75, 3.05) is 5.32 Å². The van der Waals surface area contributed by atoms with Gasteiger partial charge in [-0.05, 0) is 36.7 Å². The van der Waals surface area contributed by atoms with Crippen molar-refractivity contribution in [3.8, 4) is 0 Å². The van der Waals surface area contributed by atoms with Crippen LogP contribution in [0.2, 0.25) is 0 Å². The summed E-state index contributed by atoms with van der Waals surface area (Å²) < 4.78 is 7.28. The molecular formula is C23H28N4O2. The van der Waals surface area contributed by atoms with Crippen LogP contribution in [0.1, 0.15) is 60.1 Å². The molecular weight excluding hydrogens is 364 g/mol. The van der Waals surface area contributed by atoms with Crippen molar-refractivity contribution < 1.29 is 9.32 Å². The number of nitrogens with zero attached hydrogens (tertiary/aromatic N) is 3. The monoisotopic (exact) mass is 392 g/mol. The van der Waals surface area contributed by atoms with E-state index in [1.165, 1.54) is 11.1 Å². The SMILES string of the molecule is Cc1cccc(Cn2ccc(NC(=O)c3noc4c3CC(C(C)(C)C)CC4)n2)c1. The van der Waals surface area contributed by atoms with Crippen LogP contribution in [-0.2, 0) is 19.4 Å². The van der Waals surface area contributed by atoms with Crippen LogP contribution in [-0.4, -0.2) is 20.8 Å². The predicted octanol–water partition coefficient (Wildman–Crippen LogP) is 4.63. The average Bonchev–Trinajstić information content (AvgIpc) is 3.27. The first-order valence-electron chi connectivity index (χ1n) is 10.2. The Kier molecular flexibility index (Phi) is 5.03.